The van der Waals surface area contributed by atoms with Crippen LogP contribution in [0.3, 0.4) is 0 Å². The molecule has 1 heterocycles. The van der Waals surface area contributed by atoms with Crippen molar-refractivity contribution in [3.63, 3.8) is 0 Å². The quantitative estimate of drug-likeness (QED) is 0.858. The molecule has 1 N–H and O–H groups in total. The van der Waals surface area contributed by atoms with Gasteiger partial charge in [-0.15, -0.1) is 0 Å². The number of ether oxygens (including phenoxy) is 1. The van der Waals surface area contributed by atoms with Crippen molar-refractivity contribution in [2.24, 2.45) is 0 Å². The fraction of sp³-hybridized carbons (Fsp3) is 0.429. The third-order valence-corrected chi connectivity index (χ3v) is 2.82. The van der Waals surface area contributed by atoms with Crippen LogP contribution in [0.5, 0.6) is 0 Å². The van der Waals surface area contributed by atoms with Crippen molar-refractivity contribution in [1.82, 2.24) is 9.88 Å². The molecule has 0 radical (unpaired) electrons. The number of nitrogens with zero attached hydrogens (tertiary/aromatic N) is 1. The number of aromatic nitrogens is 1. The molecule has 0 atom stereocenters. The van der Waals surface area contributed by atoms with Crippen LogP contribution in [0, 0.1) is 0 Å². The normalized spacial score (nSPS) is 11.5. The van der Waals surface area contributed by atoms with Crippen molar-refractivity contribution >= 4 is 10.9 Å². The van der Waals surface area contributed by atoms with E-state index >= 15 is 0 Å². The number of hydrogen-bond acceptors (Lipinski definition) is 2. The van der Waals surface area contributed by atoms with Gasteiger partial charge in [-0.1, -0.05) is 26.0 Å². The van der Waals surface area contributed by atoms with Crippen LogP contribution in [0.15, 0.2) is 30.5 Å². The summed E-state index contributed by atoms with van der Waals surface area (Å²) in [6.45, 7) is 5.83. The topological polar surface area (TPSA) is 26.2 Å². The third-order valence-electron chi connectivity index (χ3n) is 2.82. The van der Waals surface area contributed by atoms with E-state index in [1.165, 1.54) is 16.5 Å². The summed E-state index contributed by atoms with van der Waals surface area (Å²) in [4.78, 5) is 0. The lowest BCUT2D eigenvalue weighted by molar-refractivity contribution is 0.135. The molecule has 17 heavy (non-hydrogen) atoms. The maximum Gasteiger partial charge on any atom is 0.122 e. The van der Waals surface area contributed by atoms with Crippen LogP contribution in [0.2, 0.25) is 0 Å². The summed E-state index contributed by atoms with van der Waals surface area (Å²) < 4.78 is 7.30. The number of hydrogen-bond donors (Lipinski definition) is 1. The molecule has 0 fully saturated rings. The summed E-state index contributed by atoms with van der Waals surface area (Å²) in [5.74, 6) is 0. The number of benzene rings is 1. The smallest absolute Gasteiger partial charge is 0.122 e. The van der Waals surface area contributed by atoms with E-state index in [0.717, 1.165) is 6.54 Å². The van der Waals surface area contributed by atoms with Crippen LogP contribution in [0.1, 0.15) is 19.4 Å². The SMILES string of the molecule is COCn1ccc2ccc(CNC(C)C)cc21. The molecule has 2 aromatic rings. The molecule has 0 aliphatic heterocycles. The van der Waals surface area contributed by atoms with Gasteiger partial charge in [-0.25, -0.2) is 0 Å². The summed E-state index contributed by atoms with van der Waals surface area (Å²) in [5, 5.41) is 4.69. The van der Waals surface area contributed by atoms with Gasteiger partial charge >= 0.3 is 0 Å². The van der Waals surface area contributed by atoms with Gasteiger partial charge in [0.1, 0.15) is 6.73 Å². The van der Waals surface area contributed by atoms with Crippen LogP contribution in [0.25, 0.3) is 10.9 Å². The number of nitrogens with one attached hydrogen (secondary N) is 1. The summed E-state index contributed by atoms with van der Waals surface area (Å²) in [5.41, 5.74) is 2.54. The number of fused-ring (bicyclic) bond motifs is 1. The minimum Gasteiger partial charge on any atom is -0.364 e. The first-order chi connectivity index (χ1) is 8.20. The van der Waals surface area contributed by atoms with Gasteiger partial charge in [0, 0.05) is 25.9 Å². The van der Waals surface area contributed by atoms with Crippen molar-refractivity contribution in [3.8, 4) is 0 Å². The Morgan fingerprint density at radius 1 is 1.29 bits per heavy atom. The largest absolute Gasteiger partial charge is 0.364 e. The van der Waals surface area contributed by atoms with Crippen molar-refractivity contribution in [3.05, 3.63) is 36.0 Å². The Hall–Kier alpha value is -1.32. The molecule has 0 aliphatic rings. The van der Waals surface area contributed by atoms with Gasteiger partial charge in [-0.3, -0.25) is 0 Å². The Balaban J connectivity index is 2.24. The van der Waals surface area contributed by atoms with Gasteiger partial charge in [0.25, 0.3) is 0 Å². The molecule has 3 nitrogen and oxygen atoms in total. The van der Waals surface area contributed by atoms with Crippen LogP contribution >= 0.6 is 0 Å². The molecule has 3 heteroatoms. The van der Waals surface area contributed by atoms with E-state index in [9.17, 15) is 0 Å². The van der Waals surface area contributed by atoms with E-state index in [0.29, 0.717) is 12.8 Å². The third kappa shape index (κ3) is 2.87. The molecule has 0 unspecified atom stereocenters. The van der Waals surface area contributed by atoms with Crippen LogP contribution in [-0.2, 0) is 18.0 Å². The fourth-order valence-corrected chi connectivity index (χ4v) is 1.91. The second kappa shape index (κ2) is 5.34. The minimum absolute atomic E-state index is 0.511. The highest BCUT2D eigenvalue weighted by Gasteiger charge is 2.02. The molecule has 1 aromatic heterocycles. The Bertz CT molecular complexity index is 488. The van der Waals surface area contributed by atoms with Crippen molar-refractivity contribution in [1.29, 1.82) is 0 Å². The van der Waals surface area contributed by atoms with Gasteiger partial charge in [-0.05, 0) is 23.1 Å². The van der Waals surface area contributed by atoms with Crippen LogP contribution in [-0.4, -0.2) is 17.7 Å². The fourth-order valence-electron chi connectivity index (χ4n) is 1.91. The molecule has 0 aliphatic carbocycles. The zero-order valence-corrected chi connectivity index (χ0v) is 10.7. The molecule has 0 amide bonds. The van der Waals surface area contributed by atoms with Crippen LogP contribution < -0.4 is 5.32 Å². The molecule has 0 bridgehead atoms. The van der Waals surface area contributed by atoms with E-state index in [2.05, 4.69) is 54.2 Å². The highest BCUT2D eigenvalue weighted by Crippen LogP contribution is 2.17. The molecule has 0 saturated carbocycles. The molecule has 0 spiro atoms. The van der Waals surface area contributed by atoms with Gasteiger partial charge in [0.2, 0.25) is 0 Å². The van der Waals surface area contributed by atoms with Crippen LogP contribution in [0.4, 0.5) is 0 Å². The summed E-state index contributed by atoms with van der Waals surface area (Å²) in [7, 11) is 1.72. The zero-order chi connectivity index (χ0) is 12.3. The molecular weight excluding hydrogens is 212 g/mol. The molecule has 1 aromatic carbocycles. The van der Waals surface area contributed by atoms with E-state index in [1.54, 1.807) is 7.11 Å². The van der Waals surface area contributed by atoms with E-state index in [1.807, 2.05) is 0 Å². The standard InChI is InChI=1S/C14H20N2O/c1-11(2)15-9-12-4-5-13-6-7-16(10-17-3)14(13)8-12/h4-8,11,15H,9-10H2,1-3H3. The number of rotatable bonds is 5. The maximum atomic E-state index is 5.18. The number of methoxy groups -OCH3 is 1. The lowest BCUT2D eigenvalue weighted by Crippen LogP contribution is -2.21. The average molecular weight is 232 g/mol. The zero-order valence-electron chi connectivity index (χ0n) is 10.7. The highest BCUT2D eigenvalue weighted by atomic mass is 16.5. The molecule has 2 rings (SSSR count). The van der Waals surface area contributed by atoms with Crippen molar-refractivity contribution in [2.75, 3.05) is 7.11 Å². The first-order valence-electron chi connectivity index (χ1n) is 6.01. The van der Waals surface area contributed by atoms with E-state index in [4.69, 9.17) is 4.74 Å². The average Bonchev–Trinajstić information content (AvgIpc) is 2.70. The van der Waals surface area contributed by atoms with Gasteiger partial charge in [0.05, 0.1) is 5.52 Å². The highest BCUT2D eigenvalue weighted by molar-refractivity contribution is 5.80. The predicted molar refractivity (Wildman–Crippen MR) is 70.9 cm³/mol. The Kier molecular flexibility index (Phi) is 3.82. The van der Waals surface area contributed by atoms with E-state index in [-0.39, 0.29) is 0 Å². The summed E-state index contributed by atoms with van der Waals surface area (Å²) in [6, 6.07) is 9.20. The first kappa shape index (κ1) is 12.1. The first-order valence-corrected chi connectivity index (χ1v) is 6.01. The monoisotopic (exact) mass is 232 g/mol. The van der Waals surface area contributed by atoms with E-state index < -0.39 is 0 Å². The Labute approximate surface area is 102 Å². The van der Waals surface area contributed by atoms with Gasteiger partial charge < -0.3 is 14.6 Å². The summed E-state index contributed by atoms with van der Waals surface area (Å²) >= 11 is 0. The molecule has 92 valence electrons. The summed E-state index contributed by atoms with van der Waals surface area (Å²) in [6.07, 6.45) is 2.06. The predicted octanol–water partition coefficient (Wildman–Crippen LogP) is 2.74. The maximum absolute atomic E-state index is 5.18. The lowest BCUT2D eigenvalue weighted by Gasteiger charge is -2.09. The van der Waals surface area contributed by atoms with Crippen molar-refractivity contribution in [2.45, 2.75) is 33.2 Å². The molecule has 0 saturated heterocycles. The lowest BCUT2D eigenvalue weighted by atomic mass is 10.1. The van der Waals surface area contributed by atoms with Crippen molar-refractivity contribution < 1.29 is 4.74 Å². The second-order valence-corrected chi connectivity index (χ2v) is 4.63. The minimum atomic E-state index is 0.511. The second-order valence-electron chi connectivity index (χ2n) is 4.63. The Morgan fingerprint density at radius 2 is 2.12 bits per heavy atom. The van der Waals surface area contributed by atoms with Gasteiger partial charge in [0.15, 0.2) is 0 Å². The molecular formula is C14H20N2O. The Morgan fingerprint density at radius 3 is 2.82 bits per heavy atom. The van der Waals surface area contributed by atoms with Gasteiger partial charge in [-0.2, -0.15) is 0 Å².